The number of carbonyl (C=O) groups is 1. The summed E-state index contributed by atoms with van der Waals surface area (Å²) in [4.78, 5) is 23.7. The minimum atomic E-state index is -0.0504. The molecule has 2 aromatic carbocycles. The number of aromatic nitrogens is 2. The molecule has 4 rings (SSSR count). The lowest BCUT2D eigenvalue weighted by molar-refractivity contribution is -0.125. The molecule has 1 amide bonds. The second-order valence-corrected chi connectivity index (χ2v) is 7.37. The molecule has 1 aromatic heterocycles. The summed E-state index contributed by atoms with van der Waals surface area (Å²) in [5.41, 5.74) is 1.95. The maximum absolute atomic E-state index is 12.6. The standard InChI is InChI=1S/C24H26N4O2/c29-24(25-13-15-30-21-11-5-2-6-12-21)20-10-7-14-28(17-20)23-16-22(26-18-27-23)19-8-3-1-4-9-19/h1-6,8-9,11-12,16,18,20H,7,10,13-15,17H2,(H,25,29). The second kappa shape index (κ2) is 9.87. The van der Waals surface area contributed by atoms with Crippen molar-refractivity contribution in [1.29, 1.82) is 0 Å². The van der Waals surface area contributed by atoms with Gasteiger partial charge in [0.2, 0.25) is 5.91 Å². The van der Waals surface area contributed by atoms with E-state index in [1.54, 1.807) is 6.33 Å². The molecular weight excluding hydrogens is 376 g/mol. The highest BCUT2D eigenvalue weighted by atomic mass is 16.5. The molecule has 0 bridgehead atoms. The van der Waals surface area contributed by atoms with Gasteiger partial charge in [0.1, 0.15) is 24.5 Å². The monoisotopic (exact) mass is 402 g/mol. The summed E-state index contributed by atoms with van der Waals surface area (Å²) in [6.45, 7) is 2.51. The van der Waals surface area contributed by atoms with E-state index < -0.39 is 0 Å². The molecule has 0 radical (unpaired) electrons. The number of piperidine rings is 1. The second-order valence-electron chi connectivity index (χ2n) is 7.37. The van der Waals surface area contributed by atoms with Gasteiger partial charge in [-0.05, 0) is 25.0 Å². The highest BCUT2D eigenvalue weighted by molar-refractivity contribution is 5.79. The average molecular weight is 402 g/mol. The Kier molecular flexibility index (Phi) is 6.54. The lowest BCUT2D eigenvalue weighted by Gasteiger charge is -2.33. The third-order valence-electron chi connectivity index (χ3n) is 5.25. The Morgan fingerprint density at radius 2 is 1.83 bits per heavy atom. The molecule has 0 saturated carbocycles. The predicted octanol–water partition coefficient (Wildman–Crippen LogP) is 3.56. The normalized spacial score (nSPS) is 16.1. The number of rotatable bonds is 7. The third-order valence-corrected chi connectivity index (χ3v) is 5.25. The lowest BCUT2D eigenvalue weighted by Crippen LogP contribution is -2.44. The van der Waals surface area contributed by atoms with Crippen LogP contribution in [0.5, 0.6) is 5.75 Å². The number of hydrogen-bond acceptors (Lipinski definition) is 5. The van der Waals surface area contributed by atoms with Crippen molar-refractivity contribution in [3.63, 3.8) is 0 Å². The van der Waals surface area contributed by atoms with Crippen LogP contribution in [0.3, 0.4) is 0 Å². The number of nitrogens with zero attached hydrogens (tertiary/aromatic N) is 3. The molecule has 30 heavy (non-hydrogen) atoms. The number of para-hydroxylation sites is 1. The van der Waals surface area contributed by atoms with E-state index in [2.05, 4.69) is 20.2 Å². The van der Waals surface area contributed by atoms with Crippen LogP contribution >= 0.6 is 0 Å². The summed E-state index contributed by atoms with van der Waals surface area (Å²) in [6.07, 6.45) is 3.45. The van der Waals surface area contributed by atoms with Crippen molar-refractivity contribution in [3.8, 4) is 17.0 Å². The number of nitrogens with one attached hydrogen (secondary N) is 1. The van der Waals surface area contributed by atoms with Crippen molar-refractivity contribution in [3.05, 3.63) is 73.1 Å². The van der Waals surface area contributed by atoms with Crippen molar-refractivity contribution >= 4 is 11.7 Å². The van der Waals surface area contributed by atoms with Crippen molar-refractivity contribution in [1.82, 2.24) is 15.3 Å². The third kappa shape index (κ3) is 5.14. The van der Waals surface area contributed by atoms with E-state index in [-0.39, 0.29) is 11.8 Å². The fourth-order valence-electron chi connectivity index (χ4n) is 3.69. The maximum Gasteiger partial charge on any atom is 0.225 e. The Labute approximate surface area is 176 Å². The molecule has 1 fully saturated rings. The molecule has 6 heteroatoms. The zero-order chi connectivity index (χ0) is 20.6. The zero-order valence-electron chi connectivity index (χ0n) is 16.9. The quantitative estimate of drug-likeness (QED) is 0.612. The lowest BCUT2D eigenvalue weighted by atomic mass is 9.97. The molecule has 1 saturated heterocycles. The van der Waals surface area contributed by atoms with Crippen LogP contribution in [0.1, 0.15) is 12.8 Å². The average Bonchev–Trinajstić information content (AvgIpc) is 2.83. The first kappa shape index (κ1) is 19.9. The molecule has 1 aliphatic rings. The summed E-state index contributed by atoms with van der Waals surface area (Å²) in [5.74, 6) is 1.71. The van der Waals surface area contributed by atoms with Crippen LogP contribution in [0.15, 0.2) is 73.1 Å². The minimum Gasteiger partial charge on any atom is -0.492 e. The molecule has 1 atom stereocenters. The van der Waals surface area contributed by atoms with Gasteiger partial charge in [0.05, 0.1) is 18.2 Å². The molecule has 2 heterocycles. The van der Waals surface area contributed by atoms with E-state index in [0.29, 0.717) is 19.7 Å². The molecule has 6 nitrogen and oxygen atoms in total. The van der Waals surface area contributed by atoms with Crippen molar-refractivity contribution < 1.29 is 9.53 Å². The zero-order valence-corrected chi connectivity index (χ0v) is 16.9. The van der Waals surface area contributed by atoms with E-state index >= 15 is 0 Å². The van der Waals surface area contributed by atoms with Crippen molar-refractivity contribution in [2.75, 3.05) is 31.1 Å². The molecular formula is C24H26N4O2. The van der Waals surface area contributed by atoms with Crippen LogP contribution in [0.25, 0.3) is 11.3 Å². The maximum atomic E-state index is 12.6. The van der Waals surface area contributed by atoms with Crippen LogP contribution in [-0.4, -0.2) is 42.1 Å². The van der Waals surface area contributed by atoms with Crippen LogP contribution in [0, 0.1) is 5.92 Å². The van der Waals surface area contributed by atoms with Crippen molar-refractivity contribution in [2.24, 2.45) is 5.92 Å². The van der Waals surface area contributed by atoms with Gasteiger partial charge in [-0.15, -0.1) is 0 Å². The first-order valence-corrected chi connectivity index (χ1v) is 10.4. The van der Waals surface area contributed by atoms with Crippen molar-refractivity contribution in [2.45, 2.75) is 12.8 Å². The molecule has 0 spiro atoms. The van der Waals surface area contributed by atoms with E-state index in [0.717, 1.165) is 42.2 Å². The van der Waals surface area contributed by atoms with Gasteiger partial charge >= 0.3 is 0 Å². The Bertz CT molecular complexity index is 950. The fourth-order valence-corrected chi connectivity index (χ4v) is 3.69. The number of carbonyl (C=O) groups excluding carboxylic acids is 1. The minimum absolute atomic E-state index is 0.0504. The highest BCUT2D eigenvalue weighted by Gasteiger charge is 2.26. The van der Waals surface area contributed by atoms with E-state index in [1.165, 1.54) is 0 Å². The number of amides is 1. The van der Waals surface area contributed by atoms with Crippen LogP contribution in [0.4, 0.5) is 5.82 Å². The number of benzene rings is 2. The summed E-state index contributed by atoms with van der Waals surface area (Å²) >= 11 is 0. The molecule has 0 aliphatic carbocycles. The smallest absolute Gasteiger partial charge is 0.225 e. The summed E-state index contributed by atoms with van der Waals surface area (Å²) in [7, 11) is 0. The van der Waals surface area contributed by atoms with Gasteiger partial charge in [-0.1, -0.05) is 48.5 Å². The van der Waals surface area contributed by atoms with Gasteiger partial charge in [0.25, 0.3) is 0 Å². The number of hydrogen-bond donors (Lipinski definition) is 1. The predicted molar refractivity (Wildman–Crippen MR) is 117 cm³/mol. The summed E-state index contributed by atoms with van der Waals surface area (Å²) in [5, 5.41) is 3.01. The van der Waals surface area contributed by atoms with Gasteiger partial charge in [0, 0.05) is 24.7 Å². The van der Waals surface area contributed by atoms with Crippen LogP contribution in [0.2, 0.25) is 0 Å². The number of anilines is 1. The van der Waals surface area contributed by atoms with Gasteiger partial charge in [-0.3, -0.25) is 4.79 Å². The first-order valence-electron chi connectivity index (χ1n) is 10.4. The highest BCUT2D eigenvalue weighted by Crippen LogP contribution is 2.25. The fraction of sp³-hybridized carbons (Fsp3) is 0.292. The SMILES string of the molecule is O=C(NCCOc1ccccc1)C1CCCN(c2cc(-c3ccccc3)ncn2)C1. The van der Waals surface area contributed by atoms with Gasteiger partial charge in [-0.2, -0.15) is 0 Å². The molecule has 3 aromatic rings. The Balaban J connectivity index is 1.31. The molecule has 1 N–H and O–H groups in total. The van der Waals surface area contributed by atoms with E-state index in [9.17, 15) is 4.79 Å². The summed E-state index contributed by atoms with van der Waals surface area (Å²) < 4.78 is 5.65. The largest absolute Gasteiger partial charge is 0.492 e. The van der Waals surface area contributed by atoms with Crippen LogP contribution < -0.4 is 15.0 Å². The van der Waals surface area contributed by atoms with Crippen LogP contribution in [-0.2, 0) is 4.79 Å². The van der Waals surface area contributed by atoms with Gasteiger partial charge in [0.15, 0.2) is 0 Å². The Morgan fingerprint density at radius 3 is 2.63 bits per heavy atom. The Hall–Kier alpha value is -3.41. The topological polar surface area (TPSA) is 67.3 Å². The molecule has 1 unspecified atom stereocenters. The van der Waals surface area contributed by atoms with E-state index in [4.69, 9.17) is 4.74 Å². The molecule has 154 valence electrons. The van der Waals surface area contributed by atoms with Gasteiger partial charge in [-0.25, -0.2) is 9.97 Å². The van der Waals surface area contributed by atoms with E-state index in [1.807, 2.05) is 66.7 Å². The number of ether oxygens (including phenoxy) is 1. The molecule has 1 aliphatic heterocycles. The first-order chi connectivity index (χ1) is 14.8. The Morgan fingerprint density at radius 1 is 1.07 bits per heavy atom. The summed E-state index contributed by atoms with van der Waals surface area (Å²) in [6, 6.07) is 21.7. The van der Waals surface area contributed by atoms with Gasteiger partial charge < -0.3 is 15.0 Å².